The van der Waals surface area contributed by atoms with E-state index in [9.17, 15) is 10.2 Å². The van der Waals surface area contributed by atoms with Gasteiger partial charge < -0.3 is 19.7 Å². The lowest BCUT2D eigenvalue weighted by Gasteiger charge is -2.21. The quantitative estimate of drug-likeness (QED) is 0.660. The number of aliphatic hydroxyl groups excluding tert-OH is 1. The summed E-state index contributed by atoms with van der Waals surface area (Å²) in [6.07, 6.45) is 0. The van der Waals surface area contributed by atoms with E-state index in [-0.39, 0.29) is 23.9 Å². The molecule has 2 heterocycles. The number of nitrogens with one attached hydrogen (secondary N) is 1. The Morgan fingerprint density at radius 2 is 1.85 bits per heavy atom. The van der Waals surface area contributed by atoms with Crippen LogP contribution in [0.2, 0.25) is 0 Å². The van der Waals surface area contributed by atoms with Gasteiger partial charge in [0.25, 0.3) is 0 Å². The molecule has 0 unspecified atom stereocenters. The molecule has 4 rings (SSSR count). The maximum atomic E-state index is 10.6. The maximum absolute atomic E-state index is 10.6. The molecular formula is C20H20N4O2. The number of fused-ring (bicyclic) bond motifs is 1. The van der Waals surface area contributed by atoms with Gasteiger partial charge in [0.05, 0.1) is 23.2 Å². The fraction of sp³-hybridized carbons (Fsp3) is 0.200. The van der Waals surface area contributed by atoms with Gasteiger partial charge in [-0.05, 0) is 55.3 Å². The third-order valence-corrected chi connectivity index (χ3v) is 4.83. The number of hydrogen-bond acceptors (Lipinski definition) is 4. The molecule has 132 valence electrons. The highest BCUT2D eigenvalue weighted by atomic mass is 16.3. The molecule has 0 aliphatic carbocycles. The van der Waals surface area contributed by atoms with Gasteiger partial charge in [-0.25, -0.2) is 4.98 Å². The van der Waals surface area contributed by atoms with Crippen LogP contribution < -0.4 is 4.90 Å². The van der Waals surface area contributed by atoms with Gasteiger partial charge in [0.15, 0.2) is 0 Å². The van der Waals surface area contributed by atoms with Gasteiger partial charge in [-0.3, -0.25) is 5.41 Å². The van der Waals surface area contributed by atoms with E-state index in [1.165, 1.54) is 0 Å². The van der Waals surface area contributed by atoms with Crippen molar-refractivity contribution < 1.29 is 10.2 Å². The molecular weight excluding hydrogens is 328 g/mol. The zero-order valence-electron chi connectivity index (χ0n) is 14.9. The first-order valence-corrected chi connectivity index (χ1v) is 8.38. The lowest BCUT2D eigenvalue weighted by molar-refractivity contribution is 0.411. The average molecular weight is 348 g/mol. The molecule has 0 spiro atoms. The lowest BCUT2D eigenvalue weighted by Crippen LogP contribution is -2.27. The Morgan fingerprint density at radius 1 is 1.08 bits per heavy atom. The topological polar surface area (TPSA) is 85.4 Å². The van der Waals surface area contributed by atoms with Crippen molar-refractivity contribution in [1.82, 2.24) is 9.55 Å². The Kier molecular flexibility index (Phi) is 3.50. The number of anilines is 1. The summed E-state index contributed by atoms with van der Waals surface area (Å²) in [4.78, 5) is 6.38. The van der Waals surface area contributed by atoms with Crippen molar-refractivity contribution in [3.05, 3.63) is 59.1 Å². The molecule has 3 aromatic rings. The smallest absolute Gasteiger partial charge is 0.148 e. The fourth-order valence-corrected chi connectivity index (χ4v) is 3.50. The van der Waals surface area contributed by atoms with Gasteiger partial charge in [0.2, 0.25) is 0 Å². The van der Waals surface area contributed by atoms with Crippen molar-refractivity contribution in [1.29, 1.82) is 5.41 Å². The molecule has 3 N–H and O–H groups in total. The van der Waals surface area contributed by atoms with Crippen molar-refractivity contribution in [3.8, 4) is 5.75 Å². The summed E-state index contributed by atoms with van der Waals surface area (Å²) in [6.45, 7) is 4.09. The SMILES string of the molecule is Cc1ccc2c(c1)nc(C1=C(O)CN(c3ccc(O)cc3C)C1=N)n2C. The number of aromatic hydroxyl groups is 1. The van der Waals surface area contributed by atoms with Crippen molar-refractivity contribution in [3.63, 3.8) is 0 Å². The number of aryl methyl sites for hydroxylation is 3. The average Bonchev–Trinajstić information content (AvgIpc) is 3.04. The molecule has 0 saturated heterocycles. The Hall–Kier alpha value is -3.28. The fourth-order valence-electron chi connectivity index (χ4n) is 3.50. The molecule has 0 amide bonds. The van der Waals surface area contributed by atoms with Crippen molar-refractivity contribution >= 4 is 28.1 Å². The first kappa shape index (κ1) is 16.2. The van der Waals surface area contributed by atoms with Gasteiger partial charge in [0.1, 0.15) is 23.2 Å². The van der Waals surface area contributed by atoms with E-state index in [1.54, 1.807) is 23.1 Å². The molecule has 1 aromatic heterocycles. The standard InChI is InChI=1S/C20H20N4O2/c1-11-4-6-16-14(8-11)22-20(23(16)3)18-17(26)10-24(19(18)21)15-7-5-13(25)9-12(15)2/h4-9,21,25-26H,10H2,1-3H3. The third kappa shape index (κ3) is 2.34. The normalized spacial score (nSPS) is 14.7. The number of phenols is 1. The second-order valence-electron chi connectivity index (χ2n) is 6.71. The number of benzene rings is 2. The molecule has 26 heavy (non-hydrogen) atoms. The Balaban J connectivity index is 1.79. The third-order valence-electron chi connectivity index (χ3n) is 4.83. The van der Waals surface area contributed by atoms with Crippen LogP contribution in [0.1, 0.15) is 17.0 Å². The second kappa shape index (κ2) is 5.62. The largest absolute Gasteiger partial charge is 0.509 e. The summed E-state index contributed by atoms with van der Waals surface area (Å²) in [5.74, 6) is 1.08. The van der Waals surface area contributed by atoms with Crippen LogP contribution in [-0.4, -0.2) is 32.1 Å². The van der Waals surface area contributed by atoms with Crippen LogP contribution in [0.5, 0.6) is 5.75 Å². The number of phenolic OH excluding ortho intramolecular Hbond substituents is 1. The van der Waals surface area contributed by atoms with Crippen molar-refractivity contribution in [2.24, 2.45) is 7.05 Å². The monoisotopic (exact) mass is 348 g/mol. The molecule has 0 radical (unpaired) electrons. The number of hydrogen-bond donors (Lipinski definition) is 3. The van der Waals surface area contributed by atoms with Gasteiger partial charge in [-0.2, -0.15) is 0 Å². The number of nitrogens with zero attached hydrogens (tertiary/aromatic N) is 3. The van der Waals surface area contributed by atoms with Gasteiger partial charge >= 0.3 is 0 Å². The number of imidazole rings is 1. The van der Waals surface area contributed by atoms with Crippen LogP contribution in [0.25, 0.3) is 16.6 Å². The van der Waals surface area contributed by atoms with E-state index in [1.807, 2.05) is 43.7 Å². The zero-order valence-corrected chi connectivity index (χ0v) is 14.9. The second-order valence-corrected chi connectivity index (χ2v) is 6.71. The summed E-state index contributed by atoms with van der Waals surface area (Å²) >= 11 is 0. The minimum Gasteiger partial charge on any atom is -0.509 e. The van der Waals surface area contributed by atoms with E-state index < -0.39 is 0 Å². The summed E-state index contributed by atoms with van der Waals surface area (Å²) in [7, 11) is 1.89. The molecule has 0 saturated carbocycles. The summed E-state index contributed by atoms with van der Waals surface area (Å²) in [5, 5.41) is 28.8. The number of aliphatic hydroxyl groups is 1. The predicted octanol–water partition coefficient (Wildman–Crippen LogP) is 3.66. The van der Waals surface area contributed by atoms with Gasteiger partial charge in [-0.1, -0.05) is 6.07 Å². The number of amidine groups is 1. The molecule has 2 aromatic carbocycles. The van der Waals surface area contributed by atoms with E-state index in [4.69, 9.17) is 5.41 Å². The van der Waals surface area contributed by atoms with Crippen LogP contribution in [0, 0.1) is 19.3 Å². The first-order valence-electron chi connectivity index (χ1n) is 8.38. The highest BCUT2D eigenvalue weighted by molar-refractivity contribution is 6.30. The van der Waals surface area contributed by atoms with Crippen LogP contribution in [0.15, 0.2) is 42.2 Å². The molecule has 1 aliphatic heterocycles. The number of aromatic nitrogens is 2. The highest BCUT2D eigenvalue weighted by Gasteiger charge is 2.32. The first-order chi connectivity index (χ1) is 12.4. The minimum atomic E-state index is 0.123. The van der Waals surface area contributed by atoms with Crippen molar-refractivity contribution in [2.45, 2.75) is 13.8 Å². The van der Waals surface area contributed by atoms with Crippen LogP contribution >= 0.6 is 0 Å². The summed E-state index contributed by atoms with van der Waals surface area (Å²) in [5.41, 5.74) is 4.97. The van der Waals surface area contributed by atoms with E-state index >= 15 is 0 Å². The minimum absolute atomic E-state index is 0.123. The van der Waals surface area contributed by atoms with E-state index in [2.05, 4.69) is 4.98 Å². The zero-order chi connectivity index (χ0) is 18.6. The van der Waals surface area contributed by atoms with Gasteiger partial charge in [0, 0.05) is 12.7 Å². The van der Waals surface area contributed by atoms with Crippen LogP contribution in [0.4, 0.5) is 5.69 Å². The van der Waals surface area contributed by atoms with E-state index in [0.29, 0.717) is 11.4 Å². The molecule has 0 fully saturated rings. The van der Waals surface area contributed by atoms with Crippen LogP contribution in [-0.2, 0) is 7.05 Å². The summed E-state index contributed by atoms with van der Waals surface area (Å²) < 4.78 is 1.90. The Bertz CT molecular complexity index is 1090. The van der Waals surface area contributed by atoms with E-state index in [0.717, 1.165) is 27.8 Å². The van der Waals surface area contributed by atoms with Crippen LogP contribution in [0.3, 0.4) is 0 Å². The maximum Gasteiger partial charge on any atom is 0.148 e. The highest BCUT2D eigenvalue weighted by Crippen LogP contribution is 2.34. The number of rotatable bonds is 2. The Morgan fingerprint density at radius 3 is 2.58 bits per heavy atom. The molecule has 0 atom stereocenters. The van der Waals surface area contributed by atoms with Crippen molar-refractivity contribution in [2.75, 3.05) is 11.4 Å². The molecule has 6 heteroatoms. The predicted molar refractivity (Wildman–Crippen MR) is 103 cm³/mol. The molecule has 0 bridgehead atoms. The summed E-state index contributed by atoms with van der Waals surface area (Å²) in [6, 6.07) is 11.0. The Labute approximate surface area is 151 Å². The molecule has 6 nitrogen and oxygen atoms in total. The molecule has 1 aliphatic rings. The van der Waals surface area contributed by atoms with Gasteiger partial charge in [-0.15, -0.1) is 0 Å². The lowest BCUT2D eigenvalue weighted by atomic mass is 10.1.